The molecule has 0 fully saturated rings. The normalized spacial score (nSPS) is 11.9. The third-order valence-electron chi connectivity index (χ3n) is 10.4. The van der Waals surface area contributed by atoms with Crippen LogP contribution in [-0.4, -0.2) is 0 Å². The molecule has 0 aromatic heterocycles. The predicted molar refractivity (Wildman–Crippen MR) is 217 cm³/mol. The average molecular weight is 639 g/mol. The average Bonchev–Trinajstić information content (AvgIpc) is 3.16. The van der Waals surface area contributed by atoms with E-state index in [9.17, 15) is 0 Å². The highest BCUT2D eigenvalue weighted by Crippen LogP contribution is 2.43. The third kappa shape index (κ3) is 5.25. The van der Waals surface area contributed by atoms with E-state index in [1.54, 1.807) is 0 Å². The molecule has 0 unspecified atom stereocenters. The van der Waals surface area contributed by atoms with Crippen molar-refractivity contribution >= 4 is 43.1 Å². The Morgan fingerprint density at radius 3 is 1.60 bits per heavy atom. The van der Waals surface area contributed by atoms with E-state index in [0.29, 0.717) is 0 Å². The fraction of sp³-hybridized carbons (Fsp3) is 0.0800. The highest BCUT2D eigenvalue weighted by atomic mass is 14.2. The van der Waals surface area contributed by atoms with Crippen LogP contribution in [0.15, 0.2) is 176 Å². The molecule has 0 spiro atoms. The van der Waals surface area contributed by atoms with E-state index < -0.39 is 0 Å². The Balaban J connectivity index is 1.30. The maximum Gasteiger partial charge on any atom is -0.00926 e. The first kappa shape index (κ1) is 30.1. The van der Waals surface area contributed by atoms with E-state index >= 15 is 0 Å². The van der Waals surface area contributed by atoms with Gasteiger partial charge in [0.15, 0.2) is 0 Å². The Kier molecular flexibility index (Phi) is 7.14. The molecule has 0 saturated heterocycles. The second-order valence-corrected chi connectivity index (χ2v) is 14.6. The van der Waals surface area contributed by atoms with Crippen molar-refractivity contribution < 1.29 is 0 Å². The van der Waals surface area contributed by atoms with Gasteiger partial charge in [-0.05, 0) is 129 Å². The third-order valence-corrected chi connectivity index (χ3v) is 10.4. The molecule has 0 heterocycles. The highest BCUT2D eigenvalue weighted by molar-refractivity contribution is 6.17. The van der Waals surface area contributed by atoms with E-state index in [0.717, 1.165) is 0 Å². The molecule has 0 aliphatic rings. The number of hydrogen-bond acceptors (Lipinski definition) is 0. The minimum atomic E-state index is 0.127. The fourth-order valence-corrected chi connectivity index (χ4v) is 7.69. The lowest BCUT2D eigenvalue weighted by atomic mass is 9.85. The summed E-state index contributed by atoms with van der Waals surface area (Å²) in [5.41, 5.74) is 11.4. The van der Waals surface area contributed by atoms with Gasteiger partial charge in [0, 0.05) is 0 Å². The second-order valence-electron chi connectivity index (χ2n) is 14.6. The summed E-state index contributed by atoms with van der Waals surface area (Å²) in [6, 6.07) is 65.3. The summed E-state index contributed by atoms with van der Waals surface area (Å²) in [6.45, 7) is 6.81. The number of benzene rings is 9. The first-order chi connectivity index (χ1) is 24.4. The van der Waals surface area contributed by atoms with E-state index in [1.165, 1.54) is 93.2 Å². The van der Waals surface area contributed by atoms with E-state index in [2.05, 4.69) is 197 Å². The lowest BCUT2D eigenvalue weighted by Gasteiger charge is -2.19. The number of rotatable bonds is 4. The van der Waals surface area contributed by atoms with Gasteiger partial charge in [-0.3, -0.25) is 0 Å². The summed E-state index contributed by atoms with van der Waals surface area (Å²) >= 11 is 0. The van der Waals surface area contributed by atoms with Crippen LogP contribution in [0.5, 0.6) is 0 Å². The van der Waals surface area contributed by atoms with Crippen molar-refractivity contribution in [3.63, 3.8) is 0 Å². The van der Waals surface area contributed by atoms with Gasteiger partial charge in [0.05, 0.1) is 0 Å². The van der Waals surface area contributed by atoms with Crippen molar-refractivity contribution in [2.45, 2.75) is 26.2 Å². The first-order valence-corrected chi connectivity index (χ1v) is 17.6. The Labute approximate surface area is 294 Å². The van der Waals surface area contributed by atoms with Crippen LogP contribution in [0, 0.1) is 0 Å². The zero-order valence-electron chi connectivity index (χ0n) is 28.7. The molecule has 0 aliphatic carbocycles. The zero-order valence-corrected chi connectivity index (χ0v) is 28.7. The molecule has 0 saturated carbocycles. The SMILES string of the molecule is CC(C)(C)c1ccc(-c2ccc3c(c2)cc(-c2cccc4ccccc24)c2cc(-c4cc5ccccc5cc4-c4ccccc4)ccc23)cc1. The predicted octanol–water partition coefficient (Wildman–Crippen LogP) is 14.3. The minimum absolute atomic E-state index is 0.127. The Morgan fingerprint density at radius 2 is 0.860 bits per heavy atom. The van der Waals surface area contributed by atoms with Crippen molar-refractivity contribution in [1.82, 2.24) is 0 Å². The molecule has 0 heteroatoms. The van der Waals surface area contributed by atoms with Crippen LogP contribution in [0.2, 0.25) is 0 Å². The second kappa shape index (κ2) is 11.9. The van der Waals surface area contributed by atoms with Crippen LogP contribution < -0.4 is 0 Å². The van der Waals surface area contributed by atoms with Crippen LogP contribution in [0.4, 0.5) is 0 Å². The van der Waals surface area contributed by atoms with E-state index in [-0.39, 0.29) is 5.41 Å². The van der Waals surface area contributed by atoms with Gasteiger partial charge >= 0.3 is 0 Å². The smallest absolute Gasteiger partial charge is 0.00926 e. The summed E-state index contributed by atoms with van der Waals surface area (Å²) < 4.78 is 0. The van der Waals surface area contributed by atoms with Crippen molar-refractivity contribution in [2.24, 2.45) is 0 Å². The van der Waals surface area contributed by atoms with Crippen LogP contribution in [0.1, 0.15) is 26.3 Å². The van der Waals surface area contributed by atoms with Gasteiger partial charge < -0.3 is 0 Å². The van der Waals surface area contributed by atoms with Gasteiger partial charge in [0.25, 0.3) is 0 Å². The van der Waals surface area contributed by atoms with E-state index in [1.807, 2.05) is 0 Å². The number of hydrogen-bond donors (Lipinski definition) is 0. The fourth-order valence-electron chi connectivity index (χ4n) is 7.69. The van der Waals surface area contributed by atoms with E-state index in [4.69, 9.17) is 0 Å². The van der Waals surface area contributed by atoms with Crippen molar-refractivity contribution in [3.8, 4) is 44.5 Å². The Hall–Kier alpha value is -5.98. The molecule has 9 aromatic rings. The monoisotopic (exact) mass is 638 g/mol. The topological polar surface area (TPSA) is 0 Å². The summed E-state index contributed by atoms with van der Waals surface area (Å²) in [4.78, 5) is 0. The largest absolute Gasteiger partial charge is 0.0622 e. The van der Waals surface area contributed by atoms with Crippen molar-refractivity contribution in [1.29, 1.82) is 0 Å². The molecule has 0 atom stereocenters. The summed E-state index contributed by atoms with van der Waals surface area (Å²) in [5.74, 6) is 0. The van der Waals surface area contributed by atoms with Gasteiger partial charge in [-0.25, -0.2) is 0 Å². The lowest BCUT2D eigenvalue weighted by molar-refractivity contribution is 0.590. The van der Waals surface area contributed by atoms with Gasteiger partial charge in [0.2, 0.25) is 0 Å². The molecule has 0 aliphatic heterocycles. The molecule has 0 N–H and O–H groups in total. The molecule has 0 bridgehead atoms. The van der Waals surface area contributed by atoms with Gasteiger partial charge in [-0.1, -0.05) is 166 Å². The maximum absolute atomic E-state index is 2.43. The molecule has 0 amide bonds. The molecular formula is C50H38. The van der Waals surface area contributed by atoms with Gasteiger partial charge in [-0.2, -0.15) is 0 Å². The molecular weight excluding hydrogens is 601 g/mol. The van der Waals surface area contributed by atoms with Crippen molar-refractivity contribution in [3.05, 3.63) is 181 Å². The van der Waals surface area contributed by atoms with Crippen LogP contribution in [0.25, 0.3) is 87.6 Å². The van der Waals surface area contributed by atoms with Crippen LogP contribution in [-0.2, 0) is 5.41 Å². The lowest BCUT2D eigenvalue weighted by Crippen LogP contribution is -2.10. The first-order valence-electron chi connectivity index (χ1n) is 17.6. The Bertz CT molecular complexity index is 2700. The van der Waals surface area contributed by atoms with Crippen LogP contribution >= 0.6 is 0 Å². The zero-order chi connectivity index (χ0) is 33.8. The molecule has 9 aromatic carbocycles. The molecule has 238 valence electrons. The summed E-state index contributed by atoms with van der Waals surface area (Å²) in [5, 5.41) is 10.1. The quantitative estimate of drug-likeness (QED) is 0.168. The summed E-state index contributed by atoms with van der Waals surface area (Å²) in [6.07, 6.45) is 0. The number of fused-ring (bicyclic) bond motifs is 5. The van der Waals surface area contributed by atoms with Crippen molar-refractivity contribution in [2.75, 3.05) is 0 Å². The molecule has 0 radical (unpaired) electrons. The van der Waals surface area contributed by atoms with Crippen LogP contribution in [0.3, 0.4) is 0 Å². The summed E-state index contributed by atoms with van der Waals surface area (Å²) in [7, 11) is 0. The maximum atomic E-state index is 2.43. The van der Waals surface area contributed by atoms with Gasteiger partial charge in [-0.15, -0.1) is 0 Å². The minimum Gasteiger partial charge on any atom is -0.0622 e. The highest BCUT2D eigenvalue weighted by Gasteiger charge is 2.17. The Morgan fingerprint density at radius 1 is 0.280 bits per heavy atom. The molecule has 9 rings (SSSR count). The molecule has 50 heavy (non-hydrogen) atoms. The van der Waals surface area contributed by atoms with Gasteiger partial charge in [0.1, 0.15) is 0 Å². The molecule has 0 nitrogen and oxygen atoms in total. The standard InChI is InChI=1S/C50H38/c1-50(2,3)41-24-20-33(21-25-41)38-22-26-43-40(28-38)32-49(44-19-11-17-34-14-9-10-18-42(34)44)48-31-39(23-27-45(43)48)47-30-37-16-8-7-15-36(37)29-46(47)35-12-5-4-6-13-35/h4-32H,1-3H3.